The molecule has 2 aromatic heterocycles. The molecule has 1 aromatic carbocycles. The number of rotatable bonds is 5. The van der Waals surface area contributed by atoms with Crippen molar-refractivity contribution in [1.29, 1.82) is 0 Å². The van der Waals surface area contributed by atoms with E-state index in [9.17, 15) is 0 Å². The van der Waals surface area contributed by atoms with E-state index in [2.05, 4.69) is 21.9 Å². The lowest BCUT2D eigenvalue weighted by molar-refractivity contribution is 0.309. The molecule has 0 amide bonds. The van der Waals surface area contributed by atoms with Crippen molar-refractivity contribution in [3.8, 4) is 17.1 Å². The number of nitrogens with zero attached hydrogens (tertiary/aromatic N) is 2. The molecule has 3 N–H and O–H groups in total. The number of H-pyrrole nitrogens is 1. The van der Waals surface area contributed by atoms with Crippen LogP contribution in [0, 0.1) is 0 Å². The van der Waals surface area contributed by atoms with E-state index in [4.69, 9.17) is 10.5 Å². The zero-order chi connectivity index (χ0) is 14.7. The third-order valence-corrected chi connectivity index (χ3v) is 3.26. The fraction of sp³-hybridized carbons (Fsp3) is 0.250. The van der Waals surface area contributed by atoms with E-state index in [0.29, 0.717) is 11.5 Å². The van der Waals surface area contributed by atoms with Crippen LogP contribution >= 0.6 is 0 Å². The van der Waals surface area contributed by atoms with E-state index in [1.807, 2.05) is 30.3 Å². The summed E-state index contributed by atoms with van der Waals surface area (Å²) in [6, 6.07) is 11.5. The summed E-state index contributed by atoms with van der Waals surface area (Å²) in [4.78, 5) is 11.9. The van der Waals surface area contributed by atoms with Crippen molar-refractivity contribution in [1.82, 2.24) is 15.0 Å². The van der Waals surface area contributed by atoms with E-state index in [1.54, 1.807) is 6.07 Å². The molecule has 2 heterocycles. The largest absolute Gasteiger partial charge is 0.494 e. The summed E-state index contributed by atoms with van der Waals surface area (Å²) < 4.78 is 5.65. The molecule has 0 atom stereocenters. The normalized spacial score (nSPS) is 10.9. The Kier molecular flexibility index (Phi) is 3.73. The second-order valence-corrected chi connectivity index (χ2v) is 4.92. The Balaban J connectivity index is 1.81. The molecule has 0 saturated heterocycles. The van der Waals surface area contributed by atoms with Crippen LogP contribution in [0.15, 0.2) is 36.4 Å². The van der Waals surface area contributed by atoms with E-state index in [1.165, 1.54) is 0 Å². The Morgan fingerprint density at radius 3 is 2.67 bits per heavy atom. The van der Waals surface area contributed by atoms with Gasteiger partial charge in [0.15, 0.2) is 5.65 Å². The highest BCUT2D eigenvalue weighted by Crippen LogP contribution is 2.22. The second-order valence-electron chi connectivity index (χ2n) is 4.92. The highest BCUT2D eigenvalue weighted by atomic mass is 16.5. The third-order valence-electron chi connectivity index (χ3n) is 3.26. The van der Waals surface area contributed by atoms with Crippen molar-refractivity contribution in [3.05, 3.63) is 36.4 Å². The van der Waals surface area contributed by atoms with Gasteiger partial charge in [-0.25, -0.2) is 9.97 Å². The number of aromatic nitrogens is 3. The topological polar surface area (TPSA) is 76.8 Å². The number of ether oxygens (including phenoxy) is 1. The number of benzene rings is 1. The van der Waals surface area contributed by atoms with Crippen molar-refractivity contribution in [3.63, 3.8) is 0 Å². The van der Waals surface area contributed by atoms with Gasteiger partial charge in [0, 0.05) is 5.56 Å². The maximum Gasteiger partial charge on any atom is 0.180 e. The number of hydrogen-bond donors (Lipinski definition) is 2. The molecule has 0 unspecified atom stereocenters. The highest BCUT2D eigenvalue weighted by Gasteiger charge is 2.06. The number of pyridine rings is 1. The average molecular weight is 282 g/mol. The molecule has 21 heavy (non-hydrogen) atoms. The molecule has 0 fully saturated rings. The summed E-state index contributed by atoms with van der Waals surface area (Å²) in [6.07, 6.45) is 2.20. The second kappa shape index (κ2) is 5.83. The predicted molar refractivity (Wildman–Crippen MR) is 84.1 cm³/mol. The van der Waals surface area contributed by atoms with Crippen molar-refractivity contribution in [2.75, 3.05) is 12.3 Å². The first-order valence-corrected chi connectivity index (χ1v) is 7.12. The van der Waals surface area contributed by atoms with Crippen molar-refractivity contribution < 1.29 is 4.74 Å². The van der Waals surface area contributed by atoms with Gasteiger partial charge >= 0.3 is 0 Å². The number of nitrogen functional groups attached to an aromatic ring is 1. The first kappa shape index (κ1) is 13.4. The summed E-state index contributed by atoms with van der Waals surface area (Å²) in [7, 11) is 0. The Morgan fingerprint density at radius 1 is 1.10 bits per heavy atom. The van der Waals surface area contributed by atoms with E-state index in [-0.39, 0.29) is 0 Å². The zero-order valence-corrected chi connectivity index (χ0v) is 12.0. The van der Waals surface area contributed by atoms with Crippen LogP contribution in [0.3, 0.4) is 0 Å². The molecular formula is C16H18N4O. The lowest BCUT2D eigenvalue weighted by atomic mass is 10.2. The van der Waals surface area contributed by atoms with Crippen LogP contribution < -0.4 is 10.5 Å². The average Bonchev–Trinajstić information content (AvgIpc) is 2.91. The minimum absolute atomic E-state index is 0.472. The number of hydrogen-bond acceptors (Lipinski definition) is 4. The fourth-order valence-corrected chi connectivity index (χ4v) is 2.09. The molecule has 5 nitrogen and oxygen atoms in total. The van der Waals surface area contributed by atoms with Gasteiger partial charge in [-0.15, -0.1) is 0 Å². The fourth-order valence-electron chi connectivity index (χ4n) is 2.09. The van der Waals surface area contributed by atoms with Gasteiger partial charge in [0.1, 0.15) is 17.4 Å². The Hall–Kier alpha value is -2.56. The van der Waals surface area contributed by atoms with Crippen molar-refractivity contribution in [2.45, 2.75) is 19.8 Å². The van der Waals surface area contributed by atoms with Crippen molar-refractivity contribution >= 4 is 17.0 Å². The quantitative estimate of drug-likeness (QED) is 0.703. The summed E-state index contributed by atoms with van der Waals surface area (Å²) in [6.45, 7) is 2.90. The van der Waals surface area contributed by atoms with Crippen LogP contribution in [0.4, 0.5) is 5.82 Å². The number of imidazole rings is 1. The van der Waals surface area contributed by atoms with Crippen molar-refractivity contribution in [2.24, 2.45) is 0 Å². The molecule has 0 aliphatic carbocycles. The Labute approximate surface area is 123 Å². The molecule has 0 radical (unpaired) electrons. The number of fused-ring (bicyclic) bond motifs is 1. The molecule has 3 aromatic rings. The van der Waals surface area contributed by atoms with Gasteiger partial charge in [-0.2, -0.15) is 0 Å². The van der Waals surface area contributed by atoms with Gasteiger partial charge in [-0.05, 0) is 42.8 Å². The maximum atomic E-state index is 5.67. The number of nitrogens with one attached hydrogen (secondary N) is 1. The smallest absolute Gasteiger partial charge is 0.180 e. The Morgan fingerprint density at radius 2 is 1.90 bits per heavy atom. The molecule has 0 aliphatic heterocycles. The maximum absolute atomic E-state index is 5.67. The minimum Gasteiger partial charge on any atom is -0.494 e. The van der Waals surface area contributed by atoms with Crippen LogP contribution in [-0.4, -0.2) is 21.6 Å². The van der Waals surface area contributed by atoms with Gasteiger partial charge in [0.05, 0.1) is 12.1 Å². The van der Waals surface area contributed by atoms with E-state index < -0.39 is 0 Å². The molecular weight excluding hydrogens is 264 g/mol. The van der Waals surface area contributed by atoms with Gasteiger partial charge in [-0.1, -0.05) is 13.3 Å². The molecule has 0 spiro atoms. The lowest BCUT2D eigenvalue weighted by Crippen LogP contribution is -1.96. The number of aromatic amines is 1. The lowest BCUT2D eigenvalue weighted by Gasteiger charge is -2.05. The predicted octanol–water partition coefficient (Wildman–Crippen LogP) is 3.39. The summed E-state index contributed by atoms with van der Waals surface area (Å²) >= 11 is 0. The summed E-state index contributed by atoms with van der Waals surface area (Å²) in [5, 5.41) is 0. The zero-order valence-electron chi connectivity index (χ0n) is 12.0. The van der Waals surface area contributed by atoms with Gasteiger partial charge in [0.2, 0.25) is 0 Å². The molecule has 108 valence electrons. The third kappa shape index (κ3) is 2.97. The molecule has 3 rings (SSSR count). The first-order valence-electron chi connectivity index (χ1n) is 7.12. The number of nitrogens with two attached hydrogens (primary N) is 1. The van der Waals surface area contributed by atoms with Crippen LogP contribution in [0.2, 0.25) is 0 Å². The number of unbranched alkanes of at least 4 members (excludes halogenated alkanes) is 1. The van der Waals surface area contributed by atoms with Crippen LogP contribution in [0.5, 0.6) is 5.75 Å². The highest BCUT2D eigenvalue weighted by molar-refractivity contribution is 5.77. The standard InChI is InChI=1S/C16H18N4O/c1-2-3-10-21-12-6-4-11(5-7-12)15-18-13-8-9-14(17)19-16(13)20-15/h4-9H,2-3,10H2,1H3,(H3,17,18,19,20). The molecule has 0 saturated carbocycles. The van der Waals surface area contributed by atoms with Gasteiger partial charge < -0.3 is 15.5 Å². The first-order chi connectivity index (χ1) is 10.3. The van der Waals surface area contributed by atoms with E-state index >= 15 is 0 Å². The van der Waals surface area contributed by atoms with Crippen LogP contribution in [0.25, 0.3) is 22.6 Å². The monoisotopic (exact) mass is 282 g/mol. The SMILES string of the molecule is CCCCOc1ccc(-c2nc3nc(N)ccc3[nH]2)cc1. The van der Waals surface area contributed by atoms with Gasteiger partial charge in [-0.3, -0.25) is 0 Å². The summed E-state index contributed by atoms with van der Waals surface area (Å²) in [5.41, 5.74) is 8.17. The summed E-state index contributed by atoms with van der Waals surface area (Å²) in [5.74, 6) is 2.13. The number of anilines is 1. The van der Waals surface area contributed by atoms with Crippen LogP contribution in [-0.2, 0) is 0 Å². The van der Waals surface area contributed by atoms with Gasteiger partial charge in [0.25, 0.3) is 0 Å². The molecule has 0 aliphatic rings. The Bertz CT molecular complexity index is 734. The minimum atomic E-state index is 0.472. The molecule has 0 bridgehead atoms. The van der Waals surface area contributed by atoms with Crippen LogP contribution in [0.1, 0.15) is 19.8 Å². The molecule has 5 heteroatoms. The van der Waals surface area contributed by atoms with E-state index in [0.717, 1.165) is 42.1 Å².